The van der Waals surface area contributed by atoms with Crippen LogP contribution in [0, 0.1) is 0 Å². The predicted molar refractivity (Wildman–Crippen MR) is 34.3 cm³/mol. The van der Waals surface area contributed by atoms with E-state index in [1.807, 2.05) is 6.92 Å². The van der Waals surface area contributed by atoms with E-state index in [9.17, 15) is 4.79 Å². The second-order valence-corrected chi connectivity index (χ2v) is 1.32. The van der Waals surface area contributed by atoms with E-state index >= 15 is 0 Å². The molecular weight excluding hydrogens is 120 g/mol. The minimum Gasteiger partial charge on any atom is -0.452 e. The van der Waals surface area contributed by atoms with Crippen molar-refractivity contribution in [2.24, 2.45) is 5.10 Å². The first-order valence-electron chi connectivity index (χ1n) is 2.66. The molecule has 0 spiro atoms. The zero-order valence-corrected chi connectivity index (χ0v) is 5.55. The minimum absolute atomic E-state index is 0.542. The lowest BCUT2D eigenvalue weighted by Crippen LogP contribution is -2.16. The van der Waals surface area contributed by atoms with Gasteiger partial charge >= 0.3 is 6.09 Å². The van der Waals surface area contributed by atoms with Crippen molar-refractivity contribution in [2.45, 2.75) is 13.3 Å². The topological polar surface area (TPSA) is 50.7 Å². The molecule has 4 nitrogen and oxygen atoms in total. The van der Waals surface area contributed by atoms with Crippen LogP contribution in [0.4, 0.5) is 4.79 Å². The lowest BCUT2D eigenvalue weighted by atomic mass is 10.6. The highest BCUT2D eigenvalue weighted by Crippen LogP contribution is 1.70. The van der Waals surface area contributed by atoms with Crippen LogP contribution in [-0.2, 0) is 4.74 Å². The maximum Gasteiger partial charge on any atom is 0.427 e. The Labute approximate surface area is 53.9 Å². The van der Waals surface area contributed by atoms with Crippen LogP contribution >= 0.6 is 0 Å². The number of rotatable bonds is 2. The van der Waals surface area contributed by atoms with E-state index in [1.165, 1.54) is 7.11 Å². The number of hydrogen-bond acceptors (Lipinski definition) is 3. The predicted octanol–water partition coefficient (Wildman–Crippen LogP) is 0.738. The van der Waals surface area contributed by atoms with Gasteiger partial charge < -0.3 is 4.74 Å². The van der Waals surface area contributed by atoms with Crippen molar-refractivity contribution in [1.29, 1.82) is 0 Å². The fourth-order valence-electron chi connectivity index (χ4n) is 0.235. The molecule has 0 aliphatic heterocycles. The number of carbonyl (C=O) groups is 1. The first-order valence-corrected chi connectivity index (χ1v) is 2.66. The average Bonchev–Trinajstić information content (AvgIpc) is 1.89. The molecule has 0 aliphatic carbocycles. The Morgan fingerprint density at radius 2 is 2.56 bits per heavy atom. The Kier molecular flexibility index (Phi) is 4.49. The van der Waals surface area contributed by atoms with Gasteiger partial charge in [0, 0.05) is 6.21 Å². The number of ether oxygens (including phenoxy) is 1. The molecule has 0 fully saturated rings. The van der Waals surface area contributed by atoms with E-state index in [1.54, 1.807) is 6.21 Å². The summed E-state index contributed by atoms with van der Waals surface area (Å²) in [4.78, 5) is 10.2. The quantitative estimate of drug-likeness (QED) is 0.442. The molecule has 9 heavy (non-hydrogen) atoms. The standard InChI is InChI=1S/C5H10N2O2/c1-3-4-6-7-5(8)9-2/h4H,3H2,1-2H3,(H,7,8). The number of methoxy groups -OCH3 is 1. The molecule has 0 aromatic rings. The van der Waals surface area contributed by atoms with Crippen LogP contribution in [0.3, 0.4) is 0 Å². The summed E-state index contributed by atoms with van der Waals surface area (Å²) >= 11 is 0. The highest BCUT2D eigenvalue weighted by atomic mass is 16.5. The third-order valence-electron chi connectivity index (χ3n) is 0.615. The van der Waals surface area contributed by atoms with Crippen molar-refractivity contribution in [2.75, 3.05) is 7.11 Å². The fourth-order valence-corrected chi connectivity index (χ4v) is 0.235. The Hall–Kier alpha value is -1.06. The van der Waals surface area contributed by atoms with Crippen LogP contribution in [0.2, 0.25) is 0 Å². The van der Waals surface area contributed by atoms with Crippen molar-refractivity contribution in [3.63, 3.8) is 0 Å². The number of amides is 1. The van der Waals surface area contributed by atoms with Gasteiger partial charge in [0.15, 0.2) is 0 Å². The van der Waals surface area contributed by atoms with Crippen LogP contribution in [0.5, 0.6) is 0 Å². The second-order valence-electron chi connectivity index (χ2n) is 1.32. The molecule has 0 atom stereocenters. The highest BCUT2D eigenvalue weighted by molar-refractivity contribution is 5.68. The molecule has 52 valence electrons. The molecule has 0 saturated carbocycles. The normalized spacial score (nSPS) is 9.56. The van der Waals surface area contributed by atoms with E-state index in [-0.39, 0.29) is 0 Å². The molecule has 0 bridgehead atoms. The summed E-state index contributed by atoms with van der Waals surface area (Å²) in [6.45, 7) is 1.92. The van der Waals surface area contributed by atoms with Crippen molar-refractivity contribution < 1.29 is 9.53 Å². The van der Waals surface area contributed by atoms with Gasteiger partial charge in [-0.1, -0.05) is 6.92 Å². The largest absolute Gasteiger partial charge is 0.452 e. The van der Waals surface area contributed by atoms with Crippen molar-refractivity contribution in [3.05, 3.63) is 0 Å². The molecule has 1 amide bonds. The Bertz CT molecular complexity index is 112. The summed E-state index contributed by atoms with van der Waals surface area (Å²) in [5.41, 5.74) is 2.14. The number of hydrogen-bond donors (Lipinski definition) is 1. The number of carbonyl (C=O) groups excluding carboxylic acids is 1. The van der Waals surface area contributed by atoms with E-state index < -0.39 is 6.09 Å². The Morgan fingerprint density at radius 3 is 3.00 bits per heavy atom. The first kappa shape index (κ1) is 7.94. The van der Waals surface area contributed by atoms with Crippen LogP contribution in [0.1, 0.15) is 13.3 Å². The van der Waals surface area contributed by atoms with Gasteiger partial charge in [0.2, 0.25) is 0 Å². The van der Waals surface area contributed by atoms with E-state index in [0.29, 0.717) is 0 Å². The highest BCUT2D eigenvalue weighted by Gasteiger charge is 1.89. The van der Waals surface area contributed by atoms with Crippen molar-refractivity contribution in [1.82, 2.24) is 5.43 Å². The van der Waals surface area contributed by atoms with Crippen molar-refractivity contribution in [3.8, 4) is 0 Å². The molecule has 0 aliphatic rings. The van der Waals surface area contributed by atoms with E-state index in [4.69, 9.17) is 0 Å². The van der Waals surface area contributed by atoms with Gasteiger partial charge in [0.05, 0.1) is 7.11 Å². The summed E-state index contributed by atoms with van der Waals surface area (Å²) in [6.07, 6.45) is 1.83. The molecule has 0 radical (unpaired) electrons. The molecule has 0 aromatic heterocycles. The summed E-state index contributed by atoms with van der Waals surface area (Å²) in [6, 6.07) is 0. The number of nitrogens with zero attached hydrogens (tertiary/aromatic N) is 1. The summed E-state index contributed by atoms with van der Waals surface area (Å²) in [7, 11) is 1.29. The van der Waals surface area contributed by atoms with E-state index in [0.717, 1.165) is 6.42 Å². The second kappa shape index (κ2) is 5.08. The van der Waals surface area contributed by atoms with Gasteiger partial charge in [0.25, 0.3) is 0 Å². The molecule has 0 aromatic carbocycles. The van der Waals surface area contributed by atoms with E-state index in [2.05, 4.69) is 15.3 Å². The minimum atomic E-state index is -0.542. The Morgan fingerprint density at radius 1 is 1.89 bits per heavy atom. The SMILES string of the molecule is CCC=NNC(=O)OC. The van der Waals surface area contributed by atoms with Crippen LogP contribution in [0.15, 0.2) is 5.10 Å². The molecule has 4 heteroatoms. The van der Waals surface area contributed by atoms with Crippen molar-refractivity contribution >= 4 is 12.3 Å². The number of nitrogens with one attached hydrogen (secondary N) is 1. The average molecular weight is 130 g/mol. The van der Waals surface area contributed by atoms with Gasteiger partial charge in [-0.05, 0) is 6.42 Å². The zero-order valence-electron chi connectivity index (χ0n) is 5.55. The smallest absolute Gasteiger partial charge is 0.427 e. The summed E-state index contributed by atoms with van der Waals surface area (Å²) in [5.74, 6) is 0. The van der Waals surface area contributed by atoms with Gasteiger partial charge in [-0.25, -0.2) is 10.2 Å². The molecule has 0 rings (SSSR count). The van der Waals surface area contributed by atoms with Crippen LogP contribution < -0.4 is 5.43 Å². The van der Waals surface area contributed by atoms with Crippen LogP contribution in [-0.4, -0.2) is 19.4 Å². The number of hydrazone groups is 1. The van der Waals surface area contributed by atoms with Gasteiger partial charge in [-0.15, -0.1) is 0 Å². The Balaban J connectivity index is 3.26. The third-order valence-corrected chi connectivity index (χ3v) is 0.615. The first-order chi connectivity index (χ1) is 4.31. The summed E-state index contributed by atoms with van der Waals surface area (Å²) < 4.78 is 4.23. The lowest BCUT2D eigenvalue weighted by Gasteiger charge is -1.93. The van der Waals surface area contributed by atoms with Gasteiger partial charge in [0.1, 0.15) is 0 Å². The summed E-state index contributed by atoms with van der Waals surface area (Å²) in [5, 5.41) is 3.51. The maximum atomic E-state index is 10.2. The van der Waals surface area contributed by atoms with Crippen LogP contribution in [0.25, 0.3) is 0 Å². The molecule has 0 heterocycles. The maximum absolute atomic E-state index is 10.2. The van der Waals surface area contributed by atoms with Gasteiger partial charge in [-0.3, -0.25) is 0 Å². The monoisotopic (exact) mass is 130 g/mol. The molecule has 1 N–H and O–H groups in total. The molecule has 0 saturated heterocycles. The lowest BCUT2D eigenvalue weighted by molar-refractivity contribution is 0.171. The van der Waals surface area contributed by atoms with Gasteiger partial charge in [-0.2, -0.15) is 5.10 Å². The zero-order chi connectivity index (χ0) is 7.11. The molecular formula is C5H10N2O2. The third kappa shape index (κ3) is 4.80. The molecule has 0 unspecified atom stereocenters. The fraction of sp³-hybridized carbons (Fsp3) is 0.600.